The molecule has 7 rings (SSSR count). The van der Waals surface area contributed by atoms with E-state index in [1.54, 1.807) is 14.2 Å². The summed E-state index contributed by atoms with van der Waals surface area (Å²) < 4.78 is 37.8. The molecule has 2 saturated carbocycles. The van der Waals surface area contributed by atoms with Gasteiger partial charge in [0.25, 0.3) is 8.32 Å². The molecule has 0 amide bonds. The van der Waals surface area contributed by atoms with Crippen LogP contribution in [-0.2, 0) is 28.2 Å². The molecule has 1 N–H and O–H groups in total. The summed E-state index contributed by atoms with van der Waals surface area (Å²) in [6.07, 6.45) is 5.06. The van der Waals surface area contributed by atoms with Crippen LogP contribution in [0, 0.1) is 22.7 Å². The number of rotatable bonds is 12. The van der Waals surface area contributed by atoms with Crippen LogP contribution >= 0.6 is 0 Å². The summed E-state index contributed by atoms with van der Waals surface area (Å²) in [4.78, 5) is 25.9. The van der Waals surface area contributed by atoms with Crippen LogP contribution in [0.15, 0.2) is 90.5 Å². The molecule has 2 heterocycles. The number of fused-ring (bicyclic) bond motifs is 3. The molecule has 3 aromatic carbocycles. The van der Waals surface area contributed by atoms with Crippen LogP contribution in [-0.4, -0.2) is 72.0 Å². The van der Waals surface area contributed by atoms with Crippen molar-refractivity contribution in [1.29, 1.82) is 0 Å². The standard InChI is InChI=1S/C46H59NO8Si/c1-31(48)54-41-22-24-44(5)39(45(41,6)30-53-56(43(2,3)4,33-15-11-9-12-16-33)34-17-13-10-14-18-34)21-25-46(29-47-32-19-20-36(50-7)38(27-32)51-8)40(44)28-37(55-46)35-23-26-52-42(35)49/h9-20,23,27,37,39-41,47H,21-22,24-26,28-30H2,1-8H3/t37-,39-,40-,41+,44+,45-,46+/m0/s1. The molecule has 0 bridgehead atoms. The lowest BCUT2D eigenvalue weighted by Gasteiger charge is -2.63. The van der Waals surface area contributed by atoms with Crippen molar-refractivity contribution in [3.8, 4) is 11.5 Å². The Morgan fingerprint density at radius 2 is 1.55 bits per heavy atom. The lowest BCUT2D eigenvalue weighted by atomic mass is 9.44. The number of hydrogen-bond donors (Lipinski definition) is 1. The Hall–Kier alpha value is -4.12. The van der Waals surface area contributed by atoms with E-state index in [1.165, 1.54) is 17.3 Å². The van der Waals surface area contributed by atoms with E-state index in [2.05, 4.69) is 101 Å². The normalized spacial score (nSPS) is 30.1. The Morgan fingerprint density at radius 1 is 0.893 bits per heavy atom. The fraction of sp³-hybridized carbons (Fsp3) is 0.522. The second-order valence-corrected chi connectivity index (χ2v) is 22.1. The lowest BCUT2D eigenvalue weighted by Crippen LogP contribution is -2.69. The van der Waals surface area contributed by atoms with Gasteiger partial charge in [0.2, 0.25) is 0 Å². The highest BCUT2D eigenvalue weighted by Crippen LogP contribution is 2.67. The molecule has 0 radical (unpaired) electrons. The van der Waals surface area contributed by atoms with Gasteiger partial charge in [0, 0.05) is 37.2 Å². The van der Waals surface area contributed by atoms with Gasteiger partial charge in [-0.05, 0) is 83.0 Å². The van der Waals surface area contributed by atoms with Crippen molar-refractivity contribution in [1.82, 2.24) is 0 Å². The maximum absolute atomic E-state index is 13.0. The molecule has 9 nitrogen and oxygen atoms in total. The van der Waals surface area contributed by atoms with E-state index in [1.807, 2.05) is 24.3 Å². The number of anilines is 1. The average molecular weight is 782 g/mol. The number of hydrogen-bond acceptors (Lipinski definition) is 9. The largest absolute Gasteiger partial charge is 0.493 e. The number of carbonyl (C=O) groups is 2. The molecule has 10 heteroatoms. The van der Waals surface area contributed by atoms with Crippen molar-refractivity contribution in [3.63, 3.8) is 0 Å². The third-order valence-corrected chi connectivity index (χ3v) is 18.8. The van der Waals surface area contributed by atoms with E-state index < -0.39 is 19.3 Å². The van der Waals surface area contributed by atoms with Gasteiger partial charge in [0.05, 0.1) is 31.5 Å². The molecular weight excluding hydrogens is 723 g/mol. The SMILES string of the molecule is COc1ccc(NC[C@]23CC[C@@H]4[C@](C)(CO[Si](c5ccccc5)(c5ccccc5)C(C)(C)C)[C@H](OC(C)=O)CC[C@@]4(C)[C@@H]2C[C@@H](C2=CCOC2=O)O3)cc1OC. The van der Waals surface area contributed by atoms with E-state index in [9.17, 15) is 9.59 Å². The van der Waals surface area contributed by atoms with Gasteiger partial charge >= 0.3 is 11.9 Å². The summed E-state index contributed by atoms with van der Waals surface area (Å²) in [5, 5.41) is 5.93. The Labute approximate surface area is 333 Å². The second-order valence-electron chi connectivity index (χ2n) is 17.8. The van der Waals surface area contributed by atoms with Crippen LogP contribution in [0.1, 0.15) is 73.6 Å². The van der Waals surface area contributed by atoms with Gasteiger partial charge in [-0.1, -0.05) is 95.3 Å². The molecular formula is C46H59NO8Si. The van der Waals surface area contributed by atoms with Gasteiger partial charge in [-0.2, -0.15) is 0 Å². The Balaban J connectivity index is 1.28. The first kappa shape index (κ1) is 40.1. The topological polar surface area (TPSA) is 102 Å². The average Bonchev–Trinajstić information content (AvgIpc) is 3.80. The van der Waals surface area contributed by atoms with Gasteiger partial charge in [0.1, 0.15) is 12.7 Å². The molecule has 3 fully saturated rings. The Kier molecular flexibility index (Phi) is 11.0. The number of cyclic esters (lactones) is 1. The first-order chi connectivity index (χ1) is 26.7. The lowest BCUT2D eigenvalue weighted by molar-refractivity contribution is -0.209. The summed E-state index contributed by atoms with van der Waals surface area (Å²) >= 11 is 0. The molecule has 0 unspecified atom stereocenters. The maximum Gasteiger partial charge on any atom is 0.336 e. The smallest absolute Gasteiger partial charge is 0.336 e. The minimum absolute atomic E-state index is 0.0890. The fourth-order valence-electron chi connectivity index (χ4n) is 11.2. The van der Waals surface area contributed by atoms with Crippen LogP contribution in [0.25, 0.3) is 0 Å². The van der Waals surface area contributed by atoms with Gasteiger partial charge in [-0.25, -0.2) is 4.79 Å². The third-order valence-electron chi connectivity index (χ3n) is 13.8. The van der Waals surface area contributed by atoms with Crippen LogP contribution in [0.2, 0.25) is 5.04 Å². The Bertz CT molecular complexity index is 1890. The first-order valence-corrected chi connectivity index (χ1v) is 22.0. The maximum atomic E-state index is 13.0. The molecule has 300 valence electrons. The summed E-state index contributed by atoms with van der Waals surface area (Å²) in [5.74, 6) is 0.973. The van der Waals surface area contributed by atoms with Crippen LogP contribution in [0.5, 0.6) is 11.5 Å². The molecule has 56 heavy (non-hydrogen) atoms. The van der Waals surface area contributed by atoms with Gasteiger partial charge < -0.3 is 33.4 Å². The molecule has 4 aliphatic rings. The summed E-state index contributed by atoms with van der Waals surface area (Å²) in [5.41, 5.74) is 0.211. The van der Waals surface area contributed by atoms with Crippen LogP contribution in [0.3, 0.4) is 0 Å². The zero-order chi connectivity index (χ0) is 39.9. The molecule has 0 aromatic heterocycles. The summed E-state index contributed by atoms with van der Waals surface area (Å²) in [6, 6.07) is 27.3. The number of methoxy groups -OCH3 is 2. The predicted molar refractivity (Wildman–Crippen MR) is 220 cm³/mol. The van der Waals surface area contributed by atoms with E-state index in [4.69, 9.17) is 28.1 Å². The second kappa shape index (κ2) is 15.3. The van der Waals surface area contributed by atoms with Crippen LogP contribution < -0.4 is 25.2 Å². The van der Waals surface area contributed by atoms with Crippen molar-refractivity contribution < 1.29 is 37.7 Å². The van der Waals surface area contributed by atoms with Crippen molar-refractivity contribution in [2.75, 3.05) is 39.3 Å². The van der Waals surface area contributed by atoms with E-state index in [0.717, 1.165) is 24.9 Å². The number of esters is 2. The highest BCUT2D eigenvalue weighted by Gasteiger charge is 2.68. The minimum atomic E-state index is -2.93. The molecule has 0 spiro atoms. The monoisotopic (exact) mass is 781 g/mol. The van der Waals surface area contributed by atoms with E-state index in [0.29, 0.717) is 43.1 Å². The highest BCUT2D eigenvalue weighted by molar-refractivity contribution is 6.99. The van der Waals surface area contributed by atoms with Crippen molar-refractivity contribution in [2.45, 2.75) is 96.5 Å². The number of nitrogens with one attached hydrogen (secondary N) is 1. The van der Waals surface area contributed by atoms with Crippen LogP contribution in [0.4, 0.5) is 5.69 Å². The van der Waals surface area contributed by atoms with E-state index in [-0.39, 0.29) is 53.0 Å². The minimum Gasteiger partial charge on any atom is -0.493 e. The molecule has 2 aliphatic carbocycles. The molecule has 1 saturated heterocycles. The van der Waals surface area contributed by atoms with Crippen molar-refractivity contribution in [2.24, 2.45) is 22.7 Å². The number of benzene rings is 3. The quantitative estimate of drug-likeness (QED) is 0.148. The fourth-order valence-corrected chi connectivity index (χ4v) is 15.9. The van der Waals surface area contributed by atoms with Gasteiger partial charge in [0.15, 0.2) is 11.5 Å². The van der Waals surface area contributed by atoms with Crippen molar-refractivity contribution in [3.05, 3.63) is 90.5 Å². The van der Waals surface area contributed by atoms with Crippen molar-refractivity contribution >= 4 is 36.3 Å². The Morgan fingerprint density at radius 3 is 2.12 bits per heavy atom. The highest BCUT2D eigenvalue weighted by atomic mass is 28.4. The number of carbonyl (C=O) groups excluding carboxylic acids is 2. The molecule has 3 aromatic rings. The molecule has 7 atom stereocenters. The summed E-state index contributed by atoms with van der Waals surface area (Å²) in [7, 11) is 0.342. The molecule has 2 aliphatic heterocycles. The zero-order valence-corrected chi connectivity index (χ0v) is 35.3. The zero-order valence-electron chi connectivity index (χ0n) is 34.3. The van der Waals surface area contributed by atoms with E-state index >= 15 is 0 Å². The number of ether oxygens (including phenoxy) is 5. The summed E-state index contributed by atoms with van der Waals surface area (Å²) in [6.45, 7) is 14.4. The third kappa shape index (κ3) is 6.85. The predicted octanol–water partition coefficient (Wildman–Crippen LogP) is 7.47. The van der Waals surface area contributed by atoms with Gasteiger partial charge in [-0.15, -0.1) is 0 Å². The first-order valence-electron chi connectivity index (χ1n) is 20.1. The van der Waals surface area contributed by atoms with Gasteiger partial charge in [-0.3, -0.25) is 4.79 Å².